The van der Waals surface area contributed by atoms with E-state index in [0.29, 0.717) is 0 Å². The SMILES string of the molecule is CCc1nc(CNC(=O)c2cc(C(F)F)nn2C)cs1. The van der Waals surface area contributed by atoms with Gasteiger partial charge in [0.25, 0.3) is 12.3 Å². The Morgan fingerprint density at radius 3 is 2.85 bits per heavy atom. The molecule has 2 aromatic rings. The number of hydrogen-bond donors (Lipinski definition) is 1. The Kier molecular flexibility index (Phi) is 4.43. The average molecular weight is 300 g/mol. The van der Waals surface area contributed by atoms with E-state index in [1.165, 1.54) is 18.4 Å². The molecule has 0 aliphatic carbocycles. The quantitative estimate of drug-likeness (QED) is 0.921. The first kappa shape index (κ1) is 14.6. The molecule has 0 fully saturated rings. The van der Waals surface area contributed by atoms with Gasteiger partial charge in [-0.15, -0.1) is 11.3 Å². The molecular weight excluding hydrogens is 286 g/mol. The van der Waals surface area contributed by atoms with E-state index in [0.717, 1.165) is 27.9 Å². The van der Waals surface area contributed by atoms with E-state index in [-0.39, 0.29) is 12.2 Å². The lowest BCUT2D eigenvalue weighted by atomic mass is 10.3. The number of halogens is 2. The summed E-state index contributed by atoms with van der Waals surface area (Å²) in [6.45, 7) is 2.27. The van der Waals surface area contributed by atoms with Crippen LogP contribution in [-0.4, -0.2) is 20.7 Å². The van der Waals surface area contributed by atoms with Crippen LogP contribution in [-0.2, 0) is 20.0 Å². The number of alkyl halides is 2. The van der Waals surface area contributed by atoms with Crippen LogP contribution in [0.1, 0.15) is 40.2 Å². The molecule has 1 N–H and O–H groups in total. The zero-order chi connectivity index (χ0) is 14.7. The van der Waals surface area contributed by atoms with E-state index in [4.69, 9.17) is 0 Å². The van der Waals surface area contributed by atoms with Gasteiger partial charge < -0.3 is 5.32 Å². The Bertz CT molecular complexity index is 608. The summed E-state index contributed by atoms with van der Waals surface area (Å²) in [5, 5.41) is 9.10. The number of rotatable bonds is 5. The van der Waals surface area contributed by atoms with Gasteiger partial charge in [0.15, 0.2) is 0 Å². The highest BCUT2D eigenvalue weighted by Gasteiger charge is 2.18. The van der Waals surface area contributed by atoms with Crippen molar-refractivity contribution in [3.63, 3.8) is 0 Å². The molecule has 108 valence electrons. The third kappa shape index (κ3) is 3.19. The van der Waals surface area contributed by atoms with Crippen molar-refractivity contribution in [1.82, 2.24) is 20.1 Å². The molecule has 1 amide bonds. The predicted octanol–water partition coefficient (Wildman–Crippen LogP) is 2.31. The second-order valence-corrected chi connectivity index (χ2v) is 5.09. The average Bonchev–Trinajstić information content (AvgIpc) is 3.02. The maximum Gasteiger partial charge on any atom is 0.282 e. The summed E-state index contributed by atoms with van der Waals surface area (Å²) in [5.41, 5.74) is 0.460. The van der Waals surface area contributed by atoms with Gasteiger partial charge in [-0.2, -0.15) is 5.10 Å². The molecule has 20 heavy (non-hydrogen) atoms. The van der Waals surface area contributed by atoms with Crippen molar-refractivity contribution < 1.29 is 13.6 Å². The van der Waals surface area contributed by atoms with E-state index < -0.39 is 18.0 Å². The van der Waals surface area contributed by atoms with Gasteiger partial charge in [-0.25, -0.2) is 13.8 Å². The molecule has 0 bridgehead atoms. The molecule has 0 aromatic carbocycles. The van der Waals surface area contributed by atoms with Crippen LogP contribution in [0.5, 0.6) is 0 Å². The van der Waals surface area contributed by atoms with Crippen LogP contribution in [0.3, 0.4) is 0 Å². The van der Waals surface area contributed by atoms with Crippen molar-refractivity contribution in [2.45, 2.75) is 26.3 Å². The zero-order valence-electron chi connectivity index (χ0n) is 11.1. The number of aryl methyl sites for hydroxylation is 2. The zero-order valence-corrected chi connectivity index (χ0v) is 11.9. The molecule has 2 rings (SSSR count). The number of carbonyl (C=O) groups excluding carboxylic acids is 1. The first-order chi connectivity index (χ1) is 9.51. The maximum absolute atomic E-state index is 12.5. The van der Waals surface area contributed by atoms with Crippen molar-refractivity contribution in [1.29, 1.82) is 0 Å². The third-order valence-electron chi connectivity index (χ3n) is 2.69. The molecule has 0 aliphatic rings. The fourth-order valence-corrected chi connectivity index (χ4v) is 2.41. The molecule has 0 aliphatic heterocycles. The van der Waals surface area contributed by atoms with E-state index in [2.05, 4.69) is 15.4 Å². The van der Waals surface area contributed by atoms with Crippen LogP contribution in [0.15, 0.2) is 11.4 Å². The van der Waals surface area contributed by atoms with Crippen LogP contribution >= 0.6 is 11.3 Å². The molecule has 0 radical (unpaired) electrons. The predicted molar refractivity (Wildman–Crippen MR) is 70.8 cm³/mol. The summed E-state index contributed by atoms with van der Waals surface area (Å²) >= 11 is 1.53. The van der Waals surface area contributed by atoms with Gasteiger partial charge in [-0.05, 0) is 12.5 Å². The summed E-state index contributed by atoms with van der Waals surface area (Å²) in [6, 6.07) is 1.10. The minimum absolute atomic E-state index is 0.103. The number of hydrogen-bond acceptors (Lipinski definition) is 4. The normalized spacial score (nSPS) is 11.1. The molecular formula is C12H14F2N4OS. The van der Waals surface area contributed by atoms with E-state index in [1.54, 1.807) is 0 Å². The van der Waals surface area contributed by atoms with E-state index in [9.17, 15) is 13.6 Å². The van der Waals surface area contributed by atoms with Crippen molar-refractivity contribution in [2.75, 3.05) is 0 Å². The monoisotopic (exact) mass is 300 g/mol. The van der Waals surface area contributed by atoms with Crippen LogP contribution < -0.4 is 5.32 Å². The summed E-state index contributed by atoms with van der Waals surface area (Å²) in [6.07, 6.45) is -1.84. The standard InChI is InChI=1S/C12H14F2N4OS/c1-3-10-16-7(6-20-10)5-15-12(19)9-4-8(11(13)14)17-18(9)2/h4,6,11H,3,5H2,1-2H3,(H,15,19). The minimum Gasteiger partial charge on any atom is -0.345 e. The molecule has 0 atom stereocenters. The maximum atomic E-state index is 12.5. The topological polar surface area (TPSA) is 59.8 Å². The first-order valence-electron chi connectivity index (χ1n) is 6.04. The van der Waals surface area contributed by atoms with Crippen LogP contribution in [0.25, 0.3) is 0 Å². The Morgan fingerprint density at radius 2 is 2.30 bits per heavy atom. The van der Waals surface area contributed by atoms with E-state index in [1.807, 2.05) is 12.3 Å². The molecule has 0 spiro atoms. The lowest BCUT2D eigenvalue weighted by Crippen LogP contribution is -2.25. The van der Waals surface area contributed by atoms with Gasteiger partial charge in [0.1, 0.15) is 11.4 Å². The molecule has 0 saturated heterocycles. The van der Waals surface area contributed by atoms with E-state index >= 15 is 0 Å². The Balaban J connectivity index is 2.01. The number of carbonyl (C=O) groups is 1. The Labute approximate surface area is 118 Å². The van der Waals surface area contributed by atoms with Gasteiger partial charge >= 0.3 is 0 Å². The van der Waals surface area contributed by atoms with Crippen molar-refractivity contribution >= 4 is 17.2 Å². The number of nitrogens with zero attached hydrogens (tertiary/aromatic N) is 3. The second kappa shape index (κ2) is 6.08. The largest absolute Gasteiger partial charge is 0.345 e. The number of thiazole rings is 1. The third-order valence-corrected chi connectivity index (χ3v) is 3.73. The Morgan fingerprint density at radius 1 is 1.55 bits per heavy atom. The first-order valence-corrected chi connectivity index (χ1v) is 6.92. The van der Waals surface area contributed by atoms with Crippen LogP contribution in [0.2, 0.25) is 0 Å². The van der Waals surface area contributed by atoms with Crippen molar-refractivity contribution in [3.05, 3.63) is 33.5 Å². The van der Waals surface area contributed by atoms with Crippen molar-refractivity contribution in [2.24, 2.45) is 7.05 Å². The van der Waals surface area contributed by atoms with Crippen LogP contribution in [0, 0.1) is 0 Å². The summed E-state index contributed by atoms with van der Waals surface area (Å²) in [4.78, 5) is 16.2. The number of nitrogens with one attached hydrogen (secondary N) is 1. The lowest BCUT2D eigenvalue weighted by molar-refractivity contribution is 0.0941. The highest BCUT2D eigenvalue weighted by atomic mass is 32.1. The fraction of sp³-hybridized carbons (Fsp3) is 0.417. The molecule has 8 heteroatoms. The van der Waals surface area contributed by atoms with Crippen molar-refractivity contribution in [3.8, 4) is 0 Å². The summed E-state index contributed by atoms with van der Waals surface area (Å²) in [7, 11) is 1.46. The molecule has 2 aromatic heterocycles. The van der Waals surface area contributed by atoms with Gasteiger partial charge in [-0.3, -0.25) is 9.48 Å². The molecule has 2 heterocycles. The molecule has 0 saturated carbocycles. The van der Waals surface area contributed by atoms with Crippen LogP contribution in [0.4, 0.5) is 8.78 Å². The second-order valence-electron chi connectivity index (χ2n) is 4.15. The summed E-state index contributed by atoms with van der Waals surface area (Å²) in [5.74, 6) is -0.446. The van der Waals surface area contributed by atoms with Gasteiger partial charge in [-0.1, -0.05) is 6.92 Å². The van der Waals surface area contributed by atoms with Gasteiger partial charge in [0.2, 0.25) is 0 Å². The number of aromatic nitrogens is 3. The van der Waals surface area contributed by atoms with Gasteiger partial charge in [0.05, 0.1) is 17.2 Å². The molecule has 5 nitrogen and oxygen atoms in total. The van der Waals surface area contributed by atoms with Gasteiger partial charge in [0, 0.05) is 12.4 Å². The number of amides is 1. The highest BCUT2D eigenvalue weighted by Crippen LogP contribution is 2.17. The smallest absolute Gasteiger partial charge is 0.282 e. The fourth-order valence-electron chi connectivity index (χ4n) is 1.66. The minimum atomic E-state index is -2.69. The summed E-state index contributed by atoms with van der Waals surface area (Å²) < 4.78 is 26.1. The highest BCUT2D eigenvalue weighted by molar-refractivity contribution is 7.09. The Hall–Kier alpha value is -1.83. The lowest BCUT2D eigenvalue weighted by Gasteiger charge is -2.02. The molecule has 0 unspecified atom stereocenters.